The Balaban J connectivity index is 1.19. The molecule has 0 unspecified atom stereocenters. The van der Waals surface area contributed by atoms with Gasteiger partial charge in [-0.05, 0) is 84.7 Å². The van der Waals surface area contributed by atoms with Crippen molar-refractivity contribution in [2.45, 2.75) is 44.8 Å². The van der Waals surface area contributed by atoms with Gasteiger partial charge in [0.15, 0.2) is 11.6 Å². The molecule has 0 aliphatic heterocycles. The largest absolute Gasteiger partial charge is 0.465 e. The molecule has 1 atom stereocenters. The Morgan fingerprint density at radius 2 is 1.73 bits per heavy atom. The van der Waals surface area contributed by atoms with Crippen molar-refractivity contribution in [3.05, 3.63) is 96.4 Å². The Bertz CT molecular complexity index is 1910. The van der Waals surface area contributed by atoms with Crippen molar-refractivity contribution in [2.75, 3.05) is 19.0 Å². The molecule has 1 aliphatic rings. The third-order valence-corrected chi connectivity index (χ3v) is 8.96. The lowest BCUT2D eigenvalue weighted by atomic mass is 9.81. The lowest BCUT2D eigenvalue weighted by Gasteiger charge is -2.29. The van der Waals surface area contributed by atoms with E-state index in [2.05, 4.69) is 48.2 Å². The fourth-order valence-corrected chi connectivity index (χ4v) is 6.39. The van der Waals surface area contributed by atoms with Gasteiger partial charge in [-0.1, -0.05) is 42.5 Å². The molecule has 2 aromatic heterocycles. The van der Waals surface area contributed by atoms with Crippen molar-refractivity contribution in [1.29, 1.82) is 0 Å². The minimum atomic E-state index is -1.04. The van der Waals surface area contributed by atoms with Crippen LogP contribution in [0.3, 0.4) is 0 Å². The van der Waals surface area contributed by atoms with Crippen LogP contribution in [0.25, 0.3) is 33.4 Å². The number of anilines is 1. The van der Waals surface area contributed by atoms with Gasteiger partial charge >= 0.3 is 6.09 Å². The van der Waals surface area contributed by atoms with Crippen LogP contribution in [0.1, 0.15) is 37.1 Å². The SMILES string of the molecule is COCc1nnc(-c2ccc(NC(=O)[C@H](Cc3cccc(-c4cccc5ncccc45)c3)NC(=O)[C@H]3CC[C@H](CNC(=O)O)CC3)cc2)[nH]1. The average Bonchev–Trinajstić information content (AvgIpc) is 3.59. The molecule has 5 N–H and O–H groups in total. The van der Waals surface area contributed by atoms with Crippen molar-refractivity contribution in [1.82, 2.24) is 30.8 Å². The van der Waals surface area contributed by atoms with Crippen LogP contribution in [0, 0.1) is 11.8 Å². The molecule has 1 saturated carbocycles. The summed E-state index contributed by atoms with van der Waals surface area (Å²) in [4.78, 5) is 46.0. The molecule has 0 bridgehead atoms. The fraction of sp³-hybridized carbons (Fsp3) is 0.297. The first-order valence-corrected chi connectivity index (χ1v) is 16.4. The summed E-state index contributed by atoms with van der Waals surface area (Å²) in [6, 6.07) is 24.4. The molecule has 6 rings (SSSR count). The Labute approximate surface area is 283 Å². The van der Waals surface area contributed by atoms with Gasteiger partial charge in [0.25, 0.3) is 0 Å². The molecule has 3 aromatic carbocycles. The van der Waals surface area contributed by atoms with Crippen LogP contribution >= 0.6 is 0 Å². The highest BCUT2D eigenvalue weighted by Crippen LogP contribution is 2.30. The van der Waals surface area contributed by atoms with E-state index in [0.29, 0.717) is 43.3 Å². The number of nitrogens with one attached hydrogen (secondary N) is 4. The molecule has 12 nitrogen and oxygen atoms in total. The van der Waals surface area contributed by atoms with Gasteiger partial charge in [-0.25, -0.2) is 4.79 Å². The molecule has 0 saturated heterocycles. The molecule has 3 amide bonds. The molecular weight excluding hydrogens is 622 g/mol. The van der Waals surface area contributed by atoms with Crippen molar-refractivity contribution >= 4 is 34.5 Å². The van der Waals surface area contributed by atoms with Crippen LogP contribution in [0.15, 0.2) is 85.1 Å². The van der Waals surface area contributed by atoms with E-state index in [1.165, 1.54) is 0 Å². The number of hydrogen-bond donors (Lipinski definition) is 5. The zero-order valence-electron chi connectivity index (χ0n) is 27.2. The van der Waals surface area contributed by atoms with Gasteiger partial charge in [-0.15, -0.1) is 10.2 Å². The first-order valence-electron chi connectivity index (χ1n) is 16.4. The maximum atomic E-state index is 13.9. The Kier molecular flexibility index (Phi) is 10.5. The quantitative estimate of drug-likeness (QED) is 0.115. The number of aromatic nitrogens is 4. The maximum Gasteiger partial charge on any atom is 0.404 e. The number of rotatable bonds is 12. The molecule has 1 aliphatic carbocycles. The number of hydrogen-bond acceptors (Lipinski definition) is 7. The summed E-state index contributed by atoms with van der Waals surface area (Å²) in [5, 5.41) is 26.7. The van der Waals surface area contributed by atoms with Gasteiger partial charge in [0.2, 0.25) is 11.8 Å². The average molecular weight is 662 g/mol. The van der Waals surface area contributed by atoms with Crippen LogP contribution < -0.4 is 16.0 Å². The van der Waals surface area contributed by atoms with Crippen LogP contribution in [0.2, 0.25) is 0 Å². The van der Waals surface area contributed by atoms with E-state index in [1.54, 1.807) is 25.4 Å². The molecule has 5 aromatic rings. The summed E-state index contributed by atoms with van der Waals surface area (Å²) in [6.07, 6.45) is 3.75. The third-order valence-electron chi connectivity index (χ3n) is 8.96. The lowest BCUT2D eigenvalue weighted by molar-refractivity contribution is -0.130. The molecule has 252 valence electrons. The normalized spacial score (nSPS) is 16.5. The van der Waals surface area contributed by atoms with Gasteiger partial charge in [-0.3, -0.25) is 14.6 Å². The molecule has 49 heavy (non-hydrogen) atoms. The molecule has 1 fully saturated rings. The van der Waals surface area contributed by atoms with E-state index in [1.807, 2.05) is 54.6 Å². The van der Waals surface area contributed by atoms with Crippen LogP contribution in [-0.4, -0.2) is 62.9 Å². The smallest absolute Gasteiger partial charge is 0.404 e. The number of fused-ring (bicyclic) bond motifs is 1. The van der Waals surface area contributed by atoms with Gasteiger partial charge in [0.05, 0.1) is 5.52 Å². The minimum absolute atomic E-state index is 0.173. The number of pyridine rings is 1. The highest BCUT2D eigenvalue weighted by atomic mass is 16.5. The highest BCUT2D eigenvalue weighted by molar-refractivity contribution is 5.98. The van der Waals surface area contributed by atoms with Gasteiger partial charge in [0, 0.05) is 48.8 Å². The van der Waals surface area contributed by atoms with Crippen molar-refractivity contribution in [2.24, 2.45) is 11.8 Å². The van der Waals surface area contributed by atoms with Crippen molar-refractivity contribution in [3.63, 3.8) is 0 Å². The second-order valence-corrected chi connectivity index (χ2v) is 12.4. The summed E-state index contributed by atoms with van der Waals surface area (Å²) in [7, 11) is 1.59. The number of carbonyl (C=O) groups is 3. The van der Waals surface area contributed by atoms with Gasteiger partial charge in [0.1, 0.15) is 12.6 Å². The lowest BCUT2D eigenvalue weighted by Crippen LogP contribution is -2.48. The number of amides is 3. The Morgan fingerprint density at radius 3 is 2.51 bits per heavy atom. The maximum absolute atomic E-state index is 13.9. The van der Waals surface area contributed by atoms with Crippen LogP contribution in [-0.2, 0) is 27.4 Å². The van der Waals surface area contributed by atoms with E-state index in [9.17, 15) is 14.4 Å². The standard InChI is InChI=1S/C37H39N7O5/c1-49-22-33-42-34(44-43-33)25-14-16-28(17-15-25)40-36(46)32(41-35(45)26-12-10-23(11-13-26)21-39-37(47)48)20-24-5-2-6-27(19-24)29-7-3-9-31-30(29)8-4-18-38-31/h2-9,14-19,23,26,32,39H,10-13,20-22H2,1H3,(H,40,46)(H,41,45)(H,47,48)(H,42,43,44)/t23-,26-,32-/m0/s1. The summed E-state index contributed by atoms with van der Waals surface area (Å²) in [5.41, 5.74) is 5.20. The first kappa shape index (κ1) is 33.3. The van der Waals surface area contributed by atoms with Crippen LogP contribution in [0.5, 0.6) is 0 Å². The number of H-pyrrole nitrogens is 1. The second kappa shape index (κ2) is 15.5. The summed E-state index contributed by atoms with van der Waals surface area (Å²) in [6.45, 7) is 0.695. The predicted octanol–water partition coefficient (Wildman–Crippen LogP) is 5.57. The number of aromatic amines is 1. The van der Waals surface area contributed by atoms with E-state index in [4.69, 9.17) is 9.84 Å². The topological polar surface area (TPSA) is 171 Å². The number of carbonyl (C=O) groups excluding carboxylic acids is 2. The number of carboxylic acid groups (broad SMARTS) is 1. The predicted molar refractivity (Wildman–Crippen MR) is 185 cm³/mol. The number of methoxy groups -OCH3 is 1. The fourth-order valence-electron chi connectivity index (χ4n) is 6.39. The zero-order valence-corrected chi connectivity index (χ0v) is 27.2. The van der Waals surface area contributed by atoms with E-state index < -0.39 is 12.1 Å². The number of benzene rings is 3. The summed E-state index contributed by atoms with van der Waals surface area (Å²) < 4.78 is 5.10. The van der Waals surface area contributed by atoms with Gasteiger partial charge < -0.3 is 30.8 Å². The van der Waals surface area contributed by atoms with E-state index in [-0.39, 0.29) is 30.1 Å². The molecular formula is C37H39N7O5. The van der Waals surface area contributed by atoms with E-state index in [0.717, 1.165) is 46.0 Å². The van der Waals surface area contributed by atoms with Crippen molar-refractivity contribution in [3.8, 4) is 22.5 Å². The first-order chi connectivity index (χ1) is 23.9. The minimum Gasteiger partial charge on any atom is -0.465 e. The zero-order chi connectivity index (χ0) is 34.2. The molecule has 12 heteroatoms. The highest BCUT2D eigenvalue weighted by Gasteiger charge is 2.30. The number of ether oxygens (including phenoxy) is 1. The molecule has 0 spiro atoms. The summed E-state index contributed by atoms with van der Waals surface area (Å²) >= 11 is 0. The van der Waals surface area contributed by atoms with Crippen LogP contribution in [0.4, 0.5) is 10.5 Å². The summed E-state index contributed by atoms with van der Waals surface area (Å²) in [5.74, 6) is 0.633. The van der Waals surface area contributed by atoms with Crippen molar-refractivity contribution < 1.29 is 24.2 Å². The third kappa shape index (κ3) is 8.46. The Morgan fingerprint density at radius 1 is 0.939 bits per heavy atom. The molecule has 2 heterocycles. The second-order valence-electron chi connectivity index (χ2n) is 12.4. The van der Waals surface area contributed by atoms with Gasteiger partial charge in [-0.2, -0.15) is 0 Å². The Hall–Kier alpha value is -5.62. The molecule has 0 radical (unpaired) electrons. The van der Waals surface area contributed by atoms with E-state index >= 15 is 0 Å². The number of nitrogens with zero attached hydrogens (tertiary/aromatic N) is 3. The monoisotopic (exact) mass is 661 g/mol.